The third-order valence-corrected chi connectivity index (χ3v) is 2.20. The molecule has 0 aliphatic carbocycles. The summed E-state index contributed by atoms with van der Waals surface area (Å²) in [6.45, 7) is 6.66. The van der Waals surface area contributed by atoms with Crippen molar-refractivity contribution in [3.8, 4) is 0 Å². The number of imide groups is 1. The number of carbonyl (C=O) groups excluding carboxylic acids is 2. The van der Waals surface area contributed by atoms with Gasteiger partial charge >= 0.3 is 12.2 Å². The number of nitrogens with zero attached hydrogens (tertiary/aromatic N) is 1. The van der Waals surface area contributed by atoms with Crippen molar-refractivity contribution in [2.75, 3.05) is 19.8 Å². The van der Waals surface area contributed by atoms with Crippen LogP contribution in [0, 0.1) is 0 Å². The maximum absolute atomic E-state index is 11.5. The van der Waals surface area contributed by atoms with Gasteiger partial charge in [0.15, 0.2) is 0 Å². The Hall–Kier alpha value is -1.26. The largest absolute Gasteiger partial charge is 0.449 e. The number of unbranched alkanes of at least 4 members (excludes halogenated alkanes) is 2. The van der Waals surface area contributed by atoms with Crippen LogP contribution in [0.25, 0.3) is 0 Å². The van der Waals surface area contributed by atoms with Crippen molar-refractivity contribution in [1.29, 1.82) is 0 Å². The van der Waals surface area contributed by atoms with E-state index in [-0.39, 0.29) is 6.54 Å². The first-order valence-electron chi connectivity index (χ1n) is 6.28. The average Bonchev–Trinajstić information content (AvgIpc) is 2.30. The molecule has 0 bridgehead atoms. The molecule has 0 aromatic rings. The highest BCUT2D eigenvalue weighted by Gasteiger charge is 2.22. The van der Waals surface area contributed by atoms with Crippen LogP contribution in [0.2, 0.25) is 0 Å². The van der Waals surface area contributed by atoms with Crippen LogP contribution in [-0.2, 0) is 9.47 Å². The maximum atomic E-state index is 11.5. The van der Waals surface area contributed by atoms with E-state index in [0.29, 0.717) is 13.2 Å². The summed E-state index contributed by atoms with van der Waals surface area (Å²) < 4.78 is 9.90. The normalized spacial score (nSPS) is 9.82. The van der Waals surface area contributed by atoms with E-state index in [9.17, 15) is 9.59 Å². The number of amides is 2. The molecule has 2 amide bonds. The fourth-order valence-electron chi connectivity index (χ4n) is 1.10. The summed E-state index contributed by atoms with van der Waals surface area (Å²) in [5, 5.41) is 0. The highest BCUT2D eigenvalue weighted by atomic mass is 16.6. The Labute approximate surface area is 103 Å². The van der Waals surface area contributed by atoms with E-state index in [0.717, 1.165) is 30.6 Å². The highest BCUT2D eigenvalue weighted by molar-refractivity contribution is 5.87. The first-order chi connectivity index (χ1) is 8.17. The summed E-state index contributed by atoms with van der Waals surface area (Å²) >= 11 is 0. The van der Waals surface area contributed by atoms with Gasteiger partial charge in [0.2, 0.25) is 0 Å². The topological polar surface area (TPSA) is 55.8 Å². The second-order valence-corrected chi connectivity index (χ2v) is 3.68. The van der Waals surface area contributed by atoms with Crippen molar-refractivity contribution in [3.05, 3.63) is 0 Å². The summed E-state index contributed by atoms with van der Waals surface area (Å²) in [6, 6.07) is 0. The van der Waals surface area contributed by atoms with Crippen LogP contribution in [0.4, 0.5) is 9.59 Å². The van der Waals surface area contributed by atoms with Crippen molar-refractivity contribution in [3.63, 3.8) is 0 Å². The van der Waals surface area contributed by atoms with Gasteiger partial charge in [-0.15, -0.1) is 0 Å². The predicted molar refractivity (Wildman–Crippen MR) is 64.9 cm³/mol. The van der Waals surface area contributed by atoms with Crippen LogP contribution in [0.1, 0.15) is 46.5 Å². The van der Waals surface area contributed by atoms with Crippen LogP contribution >= 0.6 is 0 Å². The van der Waals surface area contributed by atoms with Crippen LogP contribution in [0.3, 0.4) is 0 Å². The molecule has 0 unspecified atom stereocenters. The predicted octanol–water partition coefficient (Wildman–Crippen LogP) is 3.18. The van der Waals surface area contributed by atoms with E-state index < -0.39 is 12.2 Å². The molecule has 17 heavy (non-hydrogen) atoms. The lowest BCUT2D eigenvalue weighted by Gasteiger charge is -2.18. The summed E-state index contributed by atoms with van der Waals surface area (Å²) in [4.78, 5) is 24.0. The molecule has 0 aromatic carbocycles. The van der Waals surface area contributed by atoms with Gasteiger partial charge in [-0.1, -0.05) is 26.7 Å². The SMILES string of the molecule is CCCCOC(=O)N(CC)C(=O)OCCCC. The van der Waals surface area contributed by atoms with Gasteiger partial charge in [0, 0.05) is 6.54 Å². The second-order valence-electron chi connectivity index (χ2n) is 3.68. The standard InChI is InChI=1S/C12H23NO4/c1-4-7-9-16-11(14)13(6-3)12(15)17-10-8-5-2/h4-10H2,1-3H3. The molecular weight excluding hydrogens is 222 g/mol. The van der Waals surface area contributed by atoms with Crippen molar-refractivity contribution in [1.82, 2.24) is 4.90 Å². The Morgan fingerprint density at radius 3 is 1.59 bits per heavy atom. The third-order valence-electron chi connectivity index (χ3n) is 2.20. The van der Waals surface area contributed by atoms with Crippen molar-refractivity contribution in [2.24, 2.45) is 0 Å². The summed E-state index contributed by atoms with van der Waals surface area (Å²) in [6.07, 6.45) is 2.24. The summed E-state index contributed by atoms with van der Waals surface area (Å²) in [7, 11) is 0. The molecule has 0 aliphatic rings. The molecule has 0 fully saturated rings. The summed E-state index contributed by atoms with van der Waals surface area (Å²) in [5.41, 5.74) is 0. The number of hydrogen-bond donors (Lipinski definition) is 0. The van der Waals surface area contributed by atoms with Crippen LogP contribution < -0.4 is 0 Å². The Kier molecular flexibility index (Phi) is 9.19. The van der Waals surface area contributed by atoms with Gasteiger partial charge in [0.25, 0.3) is 0 Å². The van der Waals surface area contributed by atoms with Gasteiger partial charge in [-0.05, 0) is 19.8 Å². The third kappa shape index (κ3) is 6.81. The molecule has 100 valence electrons. The zero-order valence-corrected chi connectivity index (χ0v) is 11.0. The molecule has 5 nitrogen and oxygen atoms in total. The molecule has 0 aromatic heterocycles. The second kappa shape index (κ2) is 9.93. The number of ether oxygens (including phenoxy) is 2. The highest BCUT2D eigenvalue weighted by Crippen LogP contribution is 2.01. The lowest BCUT2D eigenvalue weighted by Crippen LogP contribution is -2.37. The molecule has 0 saturated carbocycles. The molecule has 0 rings (SSSR count). The molecule has 0 spiro atoms. The maximum Gasteiger partial charge on any atom is 0.419 e. The number of hydrogen-bond acceptors (Lipinski definition) is 4. The van der Waals surface area contributed by atoms with Crippen LogP contribution in [0.15, 0.2) is 0 Å². The smallest absolute Gasteiger partial charge is 0.419 e. The lowest BCUT2D eigenvalue weighted by atomic mass is 10.4. The average molecular weight is 245 g/mol. The minimum atomic E-state index is -0.623. The zero-order chi connectivity index (χ0) is 13.1. The fourth-order valence-corrected chi connectivity index (χ4v) is 1.10. The van der Waals surface area contributed by atoms with Crippen LogP contribution in [0.5, 0.6) is 0 Å². The van der Waals surface area contributed by atoms with Gasteiger partial charge in [0.1, 0.15) is 0 Å². The van der Waals surface area contributed by atoms with Crippen molar-refractivity contribution >= 4 is 12.2 Å². The van der Waals surface area contributed by atoms with Gasteiger partial charge in [-0.3, -0.25) is 0 Å². The Morgan fingerprint density at radius 2 is 1.29 bits per heavy atom. The lowest BCUT2D eigenvalue weighted by molar-refractivity contribution is 0.0770. The van der Waals surface area contributed by atoms with E-state index in [1.807, 2.05) is 13.8 Å². The minimum Gasteiger partial charge on any atom is -0.449 e. The molecule has 0 saturated heterocycles. The van der Waals surface area contributed by atoms with Gasteiger partial charge in [-0.25, -0.2) is 14.5 Å². The molecule has 0 N–H and O–H groups in total. The molecular formula is C12H23NO4. The van der Waals surface area contributed by atoms with E-state index in [1.165, 1.54) is 0 Å². The Balaban J connectivity index is 4.01. The van der Waals surface area contributed by atoms with Crippen LogP contribution in [-0.4, -0.2) is 36.8 Å². The molecule has 5 heteroatoms. The molecule has 0 heterocycles. The van der Waals surface area contributed by atoms with E-state index in [1.54, 1.807) is 6.92 Å². The fraction of sp³-hybridized carbons (Fsp3) is 0.833. The molecule has 0 aliphatic heterocycles. The number of carbonyl (C=O) groups is 2. The quantitative estimate of drug-likeness (QED) is 0.646. The minimum absolute atomic E-state index is 0.260. The Bertz CT molecular complexity index is 209. The van der Waals surface area contributed by atoms with Gasteiger partial charge in [-0.2, -0.15) is 0 Å². The first-order valence-corrected chi connectivity index (χ1v) is 6.28. The Morgan fingerprint density at radius 1 is 0.882 bits per heavy atom. The number of rotatable bonds is 7. The summed E-state index contributed by atoms with van der Waals surface area (Å²) in [5.74, 6) is 0. The van der Waals surface area contributed by atoms with Gasteiger partial charge < -0.3 is 9.47 Å². The van der Waals surface area contributed by atoms with Crippen molar-refractivity contribution in [2.45, 2.75) is 46.5 Å². The van der Waals surface area contributed by atoms with E-state index >= 15 is 0 Å². The zero-order valence-electron chi connectivity index (χ0n) is 11.0. The van der Waals surface area contributed by atoms with Gasteiger partial charge in [0.05, 0.1) is 13.2 Å². The molecule has 0 radical (unpaired) electrons. The monoisotopic (exact) mass is 245 g/mol. The van der Waals surface area contributed by atoms with E-state index in [2.05, 4.69) is 0 Å². The first kappa shape index (κ1) is 15.7. The van der Waals surface area contributed by atoms with E-state index in [4.69, 9.17) is 9.47 Å². The molecule has 0 atom stereocenters. The van der Waals surface area contributed by atoms with Crippen molar-refractivity contribution < 1.29 is 19.1 Å².